The first kappa shape index (κ1) is 16.6. The first-order valence-electron chi connectivity index (χ1n) is 6.53. The first-order valence-corrected chi connectivity index (χ1v) is 8.01. The first-order chi connectivity index (χ1) is 10.7. The Morgan fingerprint density at radius 1 is 1.48 bits per heavy atom. The Bertz CT molecular complexity index is 901. The molecule has 0 radical (unpaired) electrons. The summed E-state index contributed by atoms with van der Waals surface area (Å²) in [7, 11) is 0.764. The number of nitrogens with one attached hydrogen (secondary N) is 2. The lowest BCUT2D eigenvalue weighted by molar-refractivity contribution is 0.0818. The van der Waals surface area contributed by atoms with Crippen LogP contribution in [-0.4, -0.2) is 48.1 Å². The molecule has 10 heteroatoms. The van der Waals surface area contributed by atoms with Gasteiger partial charge < -0.3 is 9.47 Å². The van der Waals surface area contributed by atoms with Crippen molar-refractivity contribution in [1.82, 2.24) is 19.7 Å². The minimum absolute atomic E-state index is 0.0747. The van der Waals surface area contributed by atoms with Gasteiger partial charge in [0, 0.05) is 27.3 Å². The van der Waals surface area contributed by atoms with E-state index < -0.39 is 10.0 Å². The van der Waals surface area contributed by atoms with Crippen LogP contribution in [0.2, 0.25) is 0 Å². The molecule has 2 N–H and O–H groups in total. The lowest BCUT2D eigenvalue weighted by atomic mass is 10.3. The molecule has 23 heavy (non-hydrogen) atoms. The second-order valence-corrected chi connectivity index (χ2v) is 6.84. The number of nitriles is 1. The van der Waals surface area contributed by atoms with Crippen molar-refractivity contribution in [3.8, 4) is 6.07 Å². The third-order valence-corrected chi connectivity index (χ3v) is 4.51. The number of rotatable bonds is 4. The molecule has 0 unspecified atom stereocenters. The minimum atomic E-state index is -3.97. The molecule has 1 amide bonds. The van der Waals surface area contributed by atoms with E-state index in [2.05, 4.69) is 14.9 Å². The fourth-order valence-corrected chi connectivity index (χ4v) is 3.03. The van der Waals surface area contributed by atoms with E-state index in [-0.39, 0.29) is 27.9 Å². The largest absolute Gasteiger partial charge is 0.345 e. The predicted molar refractivity (Wildman–Crippen MR) is 82.3 cm³/mol. The van der Waals surface area contributed by atoms with Gasteiger partial charge in [-0.05, 0) is 13.0 Å². The van der Waals surface area contributed by atoms with Gasteiger partial charge in [-0.1, -0.05) is 0 Å². The number of nitrogens with zero attached hydrogens (tertiary/aromatic N) is 4. The average molecular weight is 336 g/mol. The Labute approximate surface area is 133 Å². The van der Waals surface area contributed by atoms with Gasteiger partial charge in [0.25, 0.3) is 15.9 Å². The maximum atomic E-state index is 12.4. The Hall–Kier alpha value is -2.80. The molecule has 0 saturated carbocycles. The number of hydrogen-bond acceptors (Lipinski definition) is 5. The molecule has 2 rings (SSSR count). The molecule has 0 bridgehead atoms. The van der Waals surface area contributed by atoms with Crippen LogP contribution in [0.5, 0.6) is 0 Å². The third kappa shape index (κ3) is 3.04. The zero-order chi connectivity index (χ0) is 17.4. The van der Waals surface area contributed by atoms with Gasteiger partial charge in [-0.15, -0.1) is 0 Å². The van der Waals surface area contributed by atoms with Crippen LogP contribution in [0.15, 0.2) is 17.2 Å². The number of anilines is 1. The maximum Gasteiger partial charge on any atom is 0.269 e. The number of aromatic amines is 1. The molecule has 0 aliphatic heterocycles. The van der Waals surface area contributed by atoms with E-state index in [0.717, 1.165) is 0 Å². The molecule has 2 aromatic heterocycles. The summed E-state index contributed by atoms with van der Waals surface area (Å²) in [6.45, 7) is 1.61. The van der Waals surface area contributed by atoms with E-state index in [9.17, 15) is 13.2 Å². The van der Waals surface area contributed by atoms with Crippen molar-refractivity contribution in [2.45, 2.75) is 11.8 Å². The summed E-state index contributed by atoms with van der Waals surface area (Å²) in [6, 6.07) is 3.16. The molecule has 0 aliphatic rings. The van der Waals surface area contributed by atoms with E-state index in [4.69, 9.17) is 5.26 Å². The summed E-state index contributed by atoms with van der Waals surface area (Å²) in [6.07, 6.45) is 1.32. The highest BCUT2D eigenvalue weighted by Gasteiger charge is 2.23. The second-order valence-electron chi connectivity index (χ2n) is 5.16. The van der Waals surface area contributed by atoms with E-state index in [1.165, 1.54) is 21.7 Å². The van der Waals surface area contributed by atoms with Crippen LogP contribution in [0.3, 0.4) is 0 Å². The molecule has 0 fully saturated rings. The van der Waals surface area contributed by atoms with Crippen molar-refractivity contribution < 1.29 is 13.2 Å². The molecule has 0 saturated heterocycles. The van der Waals surface area contributed by atoms with Gasteiger partial charge in [0.05, 0.1) is 5.69 Å². The topological polar surface area (TPSA) is 124 Å². The number of hydrogen-bond donors (Lipinski definition) is 2. The van der Waals surface area contributed by atoms with Gasteiger partial charge in [-0.2, -0.15) is 10.4 Å². The van der Waals surface area contributed by atoms with Crippen molar-refractivity contribution in [2.24, 2.45) is 7.05 Å². The monoisotopic (exact) mass is 336 g/mol. The van der Waals surface area contributed by atoms with Crippen LogP contribution in [-0.2, 0) is 17.1 Å². The van der Waals surface area contributed by atoms with Crippen molar-refractivity contribution >= 4 is 21.7 Å². The van der Waals surface area contributed by atoms with E-state index in [0.29, 0.717) is 5.69 Å². The Kier molecular flexibility index (Phi) is 4.16. The van der Waals surface area contributed by atoms with Crippen LogP contribution in [0, 0.1) is 18.3 Å². The second kappa shape index (κ2) is 5.77. The van der Waals surface area contributed by atoms with Crippen molar-refractivity contribution in [3.05, 3.63) is 29.2 Å². The van der Waals surface area contributed by atoms with Crippen LogP contribution in [0.4, 0.5) is 5.82 Å². The molecule has 9 nitrogen and oxygen atoms in total. The van der Waals surface area contributed by atoms with Gasteiger partial charge in [0.2, 0.25) is 0 Å². The summed E-state index contributed by atoms with van der Waals surface area (Å²) in [5.41, 5.74) is 0.810. The molecule has 122 valence electrons. The van der Waals surface area contributed by atoms with Gasteiger partial charge >= 0.3 is 0 Å². The van der Waals surface area contributed by atoms with Crippen LogP contribution in [0.25, 0.3) is 0 Å². The number of aromatic nitrogens is 3. The average Bonchev–Trinajstić information content (AvgIpc) is 3.01. The van der Waals surface area contributed by atoms with Crippen molar-refractivity contribution in [2.75, 3.05) is 18.8 Å². The Morgan fingerprint density at radius 2 is 2.13 bits per heavy atom. The van der Waals surface area contributed by atoms with Crippen LogP contribution in [0.1, 0.15) is 21.7 Å². The van der Waals surface area contributed by atoms with E-state index >= 15 is 0 Å². The summed E-state index contributed by atoms with van der Waals surface area (Å²) in [5, 5.41) is 15.4. The van der Waals surface area contributed by atoms with Gasteiger partial charge in [0.15, 0.2) is 5.82 Å². The third-order valence-electron chi connectivity index (χ3n) is 3.21. The minimum Gasteiger partial charge on any atom is -0.345 e. The maximum absolute atomic E-state index is 12.4. The molecular weight excluding hydrogens is 320 g/mol. The van der Waals surface area contributed by atoms with E-state index in [1.54, 1.807) is 28.1 Å². The quantitative estimate of drug-likeness (QED) is 0.838. The van der Waals surface area contributed by atoms with Crippen LogP contribution < -0.4 is 4.72 Å². The molecule has 2 aromatic rings. The summed E-state index contributed by atoms with van der Waals surface area (Å²) < 4.78 is 28.5. The lowest BCUT2D eigenvalue weighted by Crippen LogP contribution is -2.23. The molecular formula is C13H16N6O3S. The Morgan fingerprint density at radius 3 is 2.70 bits per heavy atom. The van der Waals surface area contributed by atoms with Crippen molar-refractivity contribution in [3.63, 3.8) is 0 Å². The molecule has 2 heterocycles. The number of H-pyrrole nitrogens is 1. The number of carbonyl (C=O) groups excluding carboxylic acids is 1. The number of carbonyl (C=O) groups is 1. The molecule has 0 spiro atoms. The SMILES string of the molecule is Cc1[nH]nc(NS(=O)(=O)c2cc(C(=O)N(C)C)n(C)c2)c1C#N. The number of aryl methyl sites for hydroxylation is 2. The predicted octanol–water partition coefficient (Wildman–Crippen LogP) is 0.431. The smallest absolute Gasteiger partial charge is 0.269 e. The van der Waals surface area contributed by atoms with Gasteiger partial charge in [-0.25, -0.2) is 8.42 Å². The normalized spacial score (nSPS) is 11.1. The van der Waals surface area contributed by atoms with Crippen LogP contribution >= 0.6 is 0 Å². The Balaban J connectivity index is 2.40. The number of amides is 1. The standard InChI is InChI=1S/C13H16N6O3S/c1-8-10(6-14)12(16-15-8)17-23(21,22)9-5-11(19(4)7-9)13(20)18(2)3/h5,7H,1-4H3,(H2,15,16,17). The molecule has 0 aromatic carbocycles. The van der Waals surface area contributed by atoms with Crippen molar-refractivity contribution in [1.29, 1.82) is 5.26 Å². The summed E-state index contributed by atoms with van der Waals surface area (Å²) in [4.78, 5) is 13.3. The lowest BCUT2D eigenvalue weighted by Gasteiger charge is -2.09. The molecule has 0 atom stereocenters. The fraction of sp³-hybridized carbons (Fsp3) is 0.308. The zero-order valence-corrected chi connectivity index (χ0v) is 13.9. The highest BCUT2D eigenvalue weighted by molar-refractivity contribution is 7.92. The summed E-state index contributed by atoms with van der Waals surface area (Å²) in [5.74, 6) is -0.392. The molecule has 0 aliphatic carbocycles. The van der Waals surface area contributed by atoms with Gasteiger partial charge in [0.1, 0.15) is 22.2 Å². The highest BCUT2D eigenvalue weighted by Crippen LogP contribution is 2.21. The fourth-order valence-electron chi connectivity index (χ4n) is 1.95. The highest BCUT2D eigenvalue weighted by atomic mass is 32.2. The van der Waals surface area contributed by atoms with Gasteiger partial charge in [-0.3, -0.25) is 14.6 Å². The number of sulfonamides is 1. The zero-order valence-electron chi connectivity index (χ0n) is 13.1. The van der Waals surface area contributed by atoms with E-state index in [1.807, 2.05) is 6.07 Å². The summed E-state index contributed by atoms with van der Waals surface area (Å²) >= 11 is 0.